The normalized spacial score (nSPS) is 30.7. The van der Waals surface area contributed by atoms with Crippen molar-refractivity contribution in [3.63, 3.8) is 0 Å². The number of rotatable bonds is 10. The number of aryl methyl sites for hydroxylation is 2. The molecule has 8 heteroatoms. The molecule has 3 heterocycles. The fourth-order valence-corrected chi connectivity index (χ4v) is 9.24. The number of aliphatic hydroxyl groups excluding tert-OH is 1. The summed E-state index contributed by atoms with van der Waals surface area (Å²) in [6, 6.07) is 4.55. The average molecular weight is 527 g/mol. The van der Waals surface area contributed by atoms with Gasteiger partial charge in [-0.1, -0.05) is 50.8 Å². The van der Waals surface area contributed by atoms with Crippen molar-refractivity contribution < 1.29 is 24.2 Å². The lowest BCUT2D eigenvalue weighted by atomic mass is 9.66. The van der Waals surface area contributed by atoms with E-state index in [4.69, 9.17) is 4.74 Å². The smallest absolute Gasteiger partial charge is 0.311 e. The average Bonchev–Trinajstić information content (AvgIpc) is 3.46. The van der Waals surface area contributed by atoms with Gasteiger partial charge in [0.1, 0.15) is 12.6 Å². The van der Waals surface area contributed by atoms with Gasteiger partial charge in [-0.15, -0.1) is 18.3 Å². The van der Waals surface area contributed by atoms with Crippen LogP contribution in [-0.2, 0) is 19.1 Å². The maximum absolute atomic E-state index is 14.7. The molecular weight excluding hydrogens is 488 g/mol. The summed E-state index contributed by atoms with van der Waals surface area (Å²) in [5.41, 5.74) is 2.72. The number of benzene rings is 1. The van der Waals surface area contributed by atoms with Gasteiger partial charge < -0.3 is 19.6 Å². The summed E-state index contributed by atoms with van der Waals surface area (Å²) in [4.78, 5) is 45.5. The maximum atomic E-state index is 14.7. The molecule has 200 valence electrons. The van der Waals surface area contributed by atoms with Gasteiger partial charge in [0.25, 0.3) is 5.91 Å². The van der Waals surface area contributed by atoms with E-state index in [9.17, 15) is 19.5 Å². The summed E-state index contributed by atoms with van der Waals surface area (Å²) in [5, 5.41) is 10.2. The lowest BCUT2D eigenvalue weighted by Gasteiger charge is -2.42. The minimum absolute atomic E-state index is 0.0265. The third kappa shape index (κ3) is 4.13. The Labute approximate surface area is 223 Å². The highest BCUT2D eigenvalue weighted by Gasteiger charge is 2.77. The Kier molecular flexibility index (Phi) is 7.91. The quantitative estimate of drug-likeness (QED) is 0.370. The number of thioether (sulfide) groups is 1. The molecule has 0 aromatic heterocycles. The number of para-hydroxylation sites is 1. The van der Waals surface area contributed by atoms with E-state index >= 15 is 0 Å². The minimum Gasteiger partial charge on any atom is -0.461 e. The van der Waals surface area contributed by atoms with Crippen molar-refractivity contribution in [1.82, 2.24) is 4.90 Å². The van der Waals surface area contributed by atoms with E-state index < -0.39 is 34.6 Å². The van der Waals surface area contributed by atoms with Crippen LogP contribution in [0.25, 0.3) is 0 Å². The van der Waals surface area contributed by atoms with E-state index in [1.54, 1.807) is 27.6 Å². The number of hydrogen-bond acceptors (Lipinski definition) is 6. The number of nitrogens with zero attached hydrogens (tertiary/aromatic N) is 2. The second-order valence-electron chi connectivity index (χ2n) is 10.4. The molecule has 3 unspecified atom stereocenters. The van der Waals surface area contributed by atoms with Crippen molar-refractivity contribution in [3.05, 3.63) is 54.6 Å². The van der Waals surface area contributed by atoms with E-state index in [0.29, 0.717) is 6.42 Å². The molecule has 3 aliphatic rings. The molecule has 7 nitrogen and oxygen atoms in total. The van der Waals surface area contributed by atoms with Crippen molar-refractivity contribution in [1.29, 1.82) is 0 Å². The molecule has 3 aliphatic heterocycles. The second kappa shape index (κ2) is 10.7. The van der Waals surface area contributed by atoms with E-state index in [1.807, 2.05) is 39.0 Å². The van der Waals surface area contributed by atoms with E-state index in [-0.39, 0.29) is 42.7 Å². The van der Waals surface area contributed by atoms with Gasteiger partial charge in [-0.2, -0.15) is 0 Å². The Morgan fingerprint density at radius 3 is 2.54 bits per heavy atom. The number of aliphatic hydroxyl groups is 1. The number of hydrogen-bond donors (Lipinski definition) is 1. The van der Waals surface area contributed by atoms with Crippen LogP contribution in [0.15, 0.2) is 43.5 Å². The first kappa shape index (κ1) is 27.5. The Hall–Kier alpha value is -2.58. The molecule has 2 bridgehead atoms. The molecule has 2 amide bonds. The largest absolute Gasteiger partial charge is 0.461 e. The zero-order valence-electron chi connectivity index (χ0n) is 22.2. The predicted octanol–water partition coefficient (Wildman–Crippen LogP) is 3.66. The maximum Gasteiger partial charge on any atom is 0.311 e. The summed E-state index contributed by atoms with van der Waals surface area (Å²) in [5.74, 6) is -2.12. The highest BCUT2D eigenvalue weighted by Crippen LogP contribution is 2.69. The fourth-order valence-electron chi connectivity index (χ4n) is 6.85. The van der Waals surface area contributed by atoms with Crippen LogP contribution in [0.3, 0.4) is 0 Å². The lowest BCUT2D eigenvalue weighted by Crippen LogP contribution is -2.59. The molecule has 37 heavy (non-hydrogen) atoms. The molecule has 1 spiro atoms. The molecule has 0 radical (unpaired) electrons. The molecule has 3 fully saturated rings. The number of anilines is 1. The van der Waals surface area contributed by atoms with Crippen LogP contribution >= 0.6 is 11.8 Å². The van der Waals surface area contributed by atoms with Crippen molar-refractivity contribution >= 4 is 35.2 Å². The predicted molar refractivity (Wildman–Crippen MR) is 146 cm³/mol. The number of esters is 1. The summed E-state index contributed by atoms with van der Waals surface area (Å²) in [6.07, 6.45) is 4.43. The van der Waals surface area contributed by atoms with Crippen LogP contribution in [-0.4, -0.2) is 69.6 Å². The SMILES string of the molecule is C=CCOC(=O)[C@@H]1[C@H]2C(=O)N([C@@H](CC)CO)C(C(=O)N(CC=C)c3c(C)cccc3C)C23S[C@@H]1CC3C. The number of ether oxygens (including phenoxy) is 1. The van der Waals surface area contributed by atoms with E-state index in [0.717, 1.165) is 23.2 Å². The first-order valence-corrected chi connectivity index (χ1v) is 13.9. The second-order valence-corrected chi connectivity index (χ2v) is 12.0. The highest BCUT2D eigenvalue weighted by molar-refractivity contribution is 8.02. The van der Waals surface area contributed by atoms with Gasteiger partial charge in [0.2, 0.25) is 5.91 Å². The van der Waals surface area contributed by atoms with Gasteiger partial charge in [0, 0.05) is 17.5 Å². The third-order valence-electron chi connectivity index (χ3n) is 8.40. The van der Waals surface area contributed by atoms with Crippen LogP contribution in [0.2, 0.25) is 0 Å². The van der Waals surface area contributed by atoms with Crippen LogP contribution in [0, 0.1) is 31.6 Å². The number of carbonyl (C=O) groups is 3. The zero-order chi connectivity index (χ0) is 27.1. The monoisotopic (exact) mass is 526 g/mol. The number of amides is 2. The Balaban J connectivity index is 1.87. The van der Waals surface area contributed by atoms with Crippen LogP contribution < -0.4 is 4.90 Å². The highest BCUT2D eigenvalue weighted by atomic mass is 32.2. The van der Waals surface area contributed by atoms with Crippen molar-refractivity contribution in [2.24, 2.45) is 17.8 Å². The van der Waals surface area contributed by atoms with Gasteiger partial charge in [-0.25, -0.2) is 0 Å². The molecule has 3 saturated heterocycles. The Bertz CT molecular complexity index is 1080. The minimum atomic E-state index is -0.816. The van der Waals surface area contributed by atoms with E-state index in [2.05, 4.69) is 20.1 Å². The van der Waals surface area contributed by atoms with Gasteiger partial charge in [-0.05, 0) is 43.7 Å². The van der Waals surface area contributed by atoms with Gasteiger partial charge in [-0.3, -0.25) is 14.4 Å². The molecular formula is C29H38N2O5S. The molecule has 1 aromatic rings. The topological polar surface area (TPSA) is 87.1 Å². The molecule has 7 atom stereocenters. The lowest BCUT2D eigenvalue weighted by molar-refractivity contribution is -0.154. The first-order chi connectivity index (χ1) is 17.7. The van der Waals surface area contributed by atoms with Crippen LogP contribution in [0.5, 0.6) is 0 Å². The van der Waals surface area contributed by atoms with Crippen molar-refractivity contribution in [2.75, 3.05) is 24.7 Å². The zero-order valence-corrected chi connectivity index (χ0v) is 23.0. The summed E-state index contributed by atoms with van der Waals surface area (Å²) in [6.45, 7) is 15.6. The van der Waals surface area contributed by atoms with Crippen LogP contribution in [0.1, 0.15) is 37.8 Å². The van der Waals surface area contributed by atoms with Gasteiger partial charge >= 0.3 is 5.97 Å². The summed E-state index contributed by atoms with van der Waals surface area (Å²) >= 11 is 1.60. The van der Waals surface area contributed by atoms with Crippen molar-refractivity contribution in [2.45, 2.75) is 62.6 Å². The standard InChI is InChI=1S/C29H38N2O5S/c1-7-13-30(24-17(4)11-10-12-18(24)5)27(34)25-29-19(6)15-21(37-29)22(28(35)36-14-8-2)23(29)26(33)31(25)20(9-3)16-32/h7-8,10-12,19-23,25,32H,1-2,9,13-16H2,3-6H3/t19?,20-,21+,22-,23-,25?,29?/m0/s1. The van der Waals surface area contributed by atoms with E-state index in [1.165, 1.54) is 6.08 Å². The summed E-state index contributed by atoms with van der Waals surface area (Å²) < 4.78 is 4.67. The third-order valence-corrected chi connectivity index (χ3v) is 10.5. The number of fused-ring (bicyclic) bond motifs is 1. The Morgan fingerprint density at radius 2 is 1.97 bits per heavy atom. The van der Waals surface area contributed by atoms with Crippen LogP contribution in [0.4, 0.5) is 5.69 Å². The molecule has 4 rings (SSSR count). The molecule has 0 aliphatic carbocycles. The first-order valence-electron chi connectivity index (χ1n) is 13.1. The molecule has 1 aromatic carbocycles. The Morgan fingerprint density at radius 1 is 1.30 bits per heavy atom. The number of likely N-dealkylation sites (tertiary alicyclic amines) is 1. The van der Waals surface area contributed by atoms with Crippen molar-refractivity contribution in [3.8, 4) is 0 Å². The number of carbonyl (C=O) groups excluding carboxylic acids is 3. The summed E-state index contributed by atoms with van der Waals surface area (Å²) in [7, 11) is 0. The van der Waals surface area contributed by atoms with Gasteiger partial charge in [0.15, 0.2) is 0 Å². The molecule has 1 N–H and O–H groups in total. The van der Waals surface area contributed by atoms with Gasteiger partial charge in [0.05, 0.1) is 29.2 Å². The fraction of sp³-hybridized carbons (Fsp3) is 0.552. The molecule has 0 saturated carbocycles.